The number of carbonyl (C=O) groups excluding carboxylic acids is 1. The van der Waals surface area contributed by atoms with Gasteiger partial charge in [0.05, 0.1) is 25.8 Å². The van der Waals surface area contributed by atoms with Crippen LogP contribution in [0.3, 0.4) is 0 Å². The first-order chi connectivity index (χ1) is 13.8. The number of thiazole rings is 1. The molecule has 0 aliphatic rings. The fourth-order valence-corrected chi connectivity index (χ4v) is 4.28. The summed E-state index contributed by atoms with van der Waals surface area (Å²) in [5.41, 5.74) is 2.99. The predicted octanol–water partition coefficient (Wildman–Crippen LogP) is 5.86. The van der Waals surface area contributed by atoms with Gasteiger partial charge in [0.25, 0.3) is 5.91 Å². The predicted molar refractivity (Wildman–Crippen MR) is 116 cm³/mol. The number of anilines is 1. The Balaban J connectivity index is 1.78. The number of aryl methyl sites for hydroxylation is 1. The Bertz CT molecular complexity index is 1270. The highest BCUT2D eigenvalue weighted by Gasteiger charge is 2.20. The summed E-state index contributed by atoms with van der Waals surface area (Å²) >= 11 is 13.3. The first-order valence-electron chi connectivity index (χ1n) is 8.43. The number of hydrogen-bond acceptors (Lipinski definition) is 4. The molecule has 0 saturated heterocycles. The van der Waals surface area contributed by atoms with Crippen LogP contribution in [0, 0.1) is 6.92 Å². The summed E-state index contributed by atoms with van der Waals surface area (Å²) in [5.74, 6) is -1.52. The molecule has 0 bridgehead atoms. The zero-order valence-corrected chi connectivity index (χ0v) is 17.2. The number of carboxylic acid groups (broad SMARTS) is 1. The van der Waals surface area contributed by atoms with E-state index in [1.807, 2.05) is 30.3 Å². The monoisotopic (exact) mass is 445 g/mol. The Hall–Kier alpha value is -2.87. The summed E-state index contributed by atoms with van der Waals surface area (Å²) in [6.45, 7) is 1.71. The molecule has 1 amide bonds. The van der Waals surface area contributed by atoms with Gasteiger partial charge in [-0.3, -0.25) is 10.1 Å². The number of halogens is 2. The number of nitrogens with one attached hydrogen (secondary N) is 2. The molecule has 0 aliphatic heterocycles. The van der Waals surface area contributed by atoms with Crippen LogP contribution in [0.25, 0.3) is 21.3 Å². The van der Waals surface area contributed by atoms with E-state index in [1.165, 1.54) is 11.3 Å². The number of nitrogens with zero attached hydrogens (tertiary/aromatic N) is 1. The van der Waals surface area contributed by atoms with Crippen LogP contribution in [0.15, 0.2) is 42.5 Å². The van der Waals surface area contributed by atoms with Crippen LogP contribution >= 0.6 is 34.5 Å². The summed E-state index contributed by atoms with van der Waals surface area (Å²) < 4.78 is 0.644. The van der Waals surface area contributed by atoms with E-state index in [0.29, 0.717) is 31.6 Å². The largest absolute Gasteiger partial charge is 0.478 e. The zero-order valence-electron chi connectivity index (χ0n) is 14.9. The van der Waals surface area contributed by atoms with Gasteiger partial charge in [-0.25, -0.2) is 9.78 Å². The smallest absolute Gasteiger partial charge is 0.335 e. The molecule has 0 unspecified atom stereocenters. The molecule has 0 saturated carbocycles. The highest BCUT2D eigenvalue weighted by molar-refractivity contribution is 7.22. The fraction of sp³-hybridized carbons (Fsp3) is 0.0500. The van der Waals surface area contributed by atoms with E-state index >= 15 is 0 Å². The maximum absolute atomic E-state index is 12.6. The average molecular weight is 446 g/mol. The lowest BCUT2D eigenvalue weighted by Crippen LogP contribution is -2.12. The molecule has 3 N–H and O–H groups in total. The number of aromatic nitrogens is 2. The Kier molecular flexibility index (Phi) is 5.04. The van der Waals surface area contributed by atoms with Crippen molar-refractivity contribution in [2.24, 2.45) is 0 Å². The quantitative estimate of drug-likeness (QED) is 0.366. The van der Waals surface area contributed by atoms with Crippen LogP contribution in [0.5, 0.6) is 0 Å². The molecule has 0 fully saturated rings. The Morgan fingerprint density at radius 2 is 1.86 bits per heavy atom. The summed E-state index contributed by atoms with van der Waals surface area (Å²) in [7, 11) is 0. The van der Waals surface area contributed by atoms with Gasteiger partial charge in [-0.05, 0) is 24.6 Å². The van der Waals surface area contributed by atoms with E-state index in [-0.39, 0.29) is 16.3 Å². The van der Waals surface area contributed by atoms with E-state index < -0.39 is 11.9 Å². The number of aromatic amines is 1. The van der Waals surface area contributed by atoms with Gasteiger partial charge in [-0.1, -0.05) is 64.9 Å². The third-order valence-corrected chi connectivity index (χ3v) is 6.19. The molecule has 2 aromatic heterocycles. The number of aromatic carboxylic acids is 1. The second-order valence-electron chi connectivity index (χ2n) is 6.27. The van der Waals surface area contributed by atoms with Crippen LogP contribution in [-0.2, 0) is 0 Å². The summed E-state index contributed by atoms with van der Waals surface area (Å²) in [5, 5.41) is 12.9. The van der Waals surface area contributed by atoms with Crippen molar-refractivity contribution in [2.45, 2.75) is 6.92 Å². The molecule has 0 aliphatic carbocycles. The third-order valence-electron chi connectivity index (χ3n) is 4.33. The topological polar surface area (TPSA) is 95.1 Å². The Morgan fingerprint density at radius 1 is 1.14 bits per heavy atom. The number of fused-ring (bicyclic) bond motifs is 1. The maximum atomic E-state index is 12.6. The summed E-state index contributed by atoms with van der Waals surface area (Å²) in [4.78, 5) is 31.5. The van der Waals surface area contributed by atoms with Crippen LogP contribution < -0.4 is 5.32 Å². The molecule has 9 heteroatoms. The van der Waals surface area contributed by atoms with E-state index in [4.69, 9.17) is 23.2 Å². The minimum atomic E-state index is -1.04. The van der Waals surface area contributed by atoms with E-state index in [1.54, 1.807) is 19.1 Å². The van der Waals surface area contributed by atoms with Crippen molar-refractivity contribution in [3.05, 3.63) is 69.5 Å². The van der Waals surface area contributed by atoms with Gasteiger partial charge in [-0.15, -0.1) is 0 Å². The molecule has 146 valence electrons. The lowest BCUT2D eigenvalue weighted by Gasteiger charge is -2.04. The molecule has 2 heterocycles. The van der Waals surface area contributed by atoms with Crippen molar-refractivity contribution < 1.29 is 14.7 Å². The average Bonchev–Trinajstić information content (AvgIpc) is 3.23. The first kappa shape index (κ1) is 19.4. The van der Waals surface area contributed by atoms with Gasteiger partial charge in [0.2, 0.25) is 0 Å². The van der Waals surface area contributed by atoms with Gasteiger partial charge in [-0.2, -0.15) is 0 Å². The minimum absolute atomic E-state index is 0.140. The standard InChI is InChI=1S/C20H13Cl2N3O3S/c1-9-14(21)15(22)17(23-9)18(26)25-20-24-16-12(10-5-3-2-4-6-10)7-11(19(27)28)8-13(16)29-20/h2-8,23H,1H3,(H,27,28)(H,24,25,26). The zero-order chi connectivity index (χ0) is 20.7. The maximum Gasteiger partial charge on any atom is 0.335 e. The molecule has 6 nitrogen and oxygen atoms in total. The molecule has 4 rings (SSSR count). The molecule has 0 radical (unpaired) electrons. The van der Waals surface area contributed by atoms with Gasteiger partial charge in [0.1, 0.15) is 5.69 Å². The lowest BCUT2D eigenvalue weighted by atomic mass is 10.0. The molecular formula is C20H13Cl2N3O3S. The van der Waals surface area contributed by atoms with E-state index in [2.05, 4.69) is 15.3 Å². The summed E-state index contributed by atoms with van der Waals surface area (Å²) in [6.07, 6.45) is 0. The highest BCUT2D eigenvalue weighted by Crippen LogP contribution is 2.36. The van der Waals surface area contributed by atoms with Crippen LogP contribution in [0.1, 0.15) is 26.5 Å². The van der Waals surface area contributed by atoms with Gasteiger partial charge in [0, 0.05) is 11.3 Å². The van der Waals surface area contributed by atoms with Crippen LogP contribution in [-0.4, -0.2) is 27.0 Å². The van der Waals surface area contributed by atoms with Gasteiger partial charge >= 0.3 is 5.97 Å². The molecule has 2 aromatic carbocycles. The lowest BCUT2D eigenvalue weighted by molar-refractivity contribution is 0.0697. The van der Waals surface area contributed by atoms with Gasteiger partial charge in [0.15, 0.2) is 5.13 Å². The van der Waals surface area contributed by atoms with Crippen molar-refractivity contribution in [3.63, 3.8) is 0 Å². The van der Waals surface area contributed by atoms with Crippen LogP contribution in [0.4, 0.5) is 5.13 Å². The number of rotatable bonds is 4. The number of H-pyrrole nitrogens is 1. The number of hydrogen-bond donors (Lipinski definition) is 3. The number of carbonyl (C=O) groups is 2. The molecule has 0 atom stereocenters. The molecule has 0 spiro atoms. The van der Waals surface area contributed by atoms with E-state index in [9.17, 15) is 14.7 Å². The molecular weight excluding hydrogens is 433 g/mol. The number of benzene rings is 2. The number of amides is 1. The SMILES string of the molecule is Cc1[nH]c(C(=O)Nc2nc3c(-c4ccccc4)cc(C(=O)O)cc3s2)c(Cl)c1Cl. The Labute approximate surface area is 179 Å². The second-order valence-corrected chi connectivity index (χ2v) is 8.05. The number of carboxylic acids is 1. The minimum Gasteiger partial charge on any atom is -0.478 e. The normalized spacial score (nSPS) is 11.0. The molecule has 4 aromatic rings. The molecule has 29 heavy (non-hydrogen) atoms. The van der Waals surface area contributed by atoms with Crippen molar-refractivity contribution in [1.29, 1.82) is 0 Å². The fourth-order valence-electron chi connectivity index (χ4n) is 2.93. The van der Waals surface area contributed by atoms with Crippen molar-refractivity contribution in [3.8, 4) is 11.1 Å². The Morgan fingerprint density at radius 3 is 2.48 bits per heavy atom. The second kappa shape index (κ2) is 7.51. The third kappa shape index (κ3) is 3.60. The van der Waals surface area contributed by atoms with Crippen molar-refractivity contribution in [1.82, 2.24) is 9.97 Å². The summed E-state index contributed by atoms with van der Waals surface area (Å²) in [6, 6.07) is 12.5. The van der Waals surface area contributed by atoms with Crippen molar-refractivity contribution in [2.75, 3.05) is 5.32 Å². The van der Waals surface area contributed by atoms with Gasteiger partial charge < -0.3 is 10.1 Å². The first-order valence-corrected chi connectivity index (χ1v) is 10.0. The highest BCUT2D eigenvalue weighted by atomic mass is 35.5. The van der Waals surface area contributed by atoms with E-state index in [0.717, 1.165) is 5.56 Å². The van der Waals surface area contributed by atoms with Crippen molar-refractivity contribution >= 4 is 61.8 Å². The van der Waals surface area contributed by atoms with Crippen LogP contribution in [0.2, 0.25) is 10.0 Å².